The standard InChI is InChI=1S/C26H35N5OS/c1-6-9-10-11-16-30-21-14-12-19(32-8-3)17-22(21)33-24(30)15-13-20-25(18(4)5)29-31-23(7-2)27-28-26(20)31/h12-15,17-18H,6-11,16H2,1-5H3/b20-13+,24-15+. The van der Waals surface area contributed by atoms with E-state index in [1.165, 1.54) is 41.3 Å². The minimum absolute atomic E-state index is 0.313. The Kier molecular flexibility index (Phi) is 7.58. The highest BCUT2D eigenvalue weighted by Crippen LogP contribution is 2.47. The Morgan fingerprint density at radius 1 is 1.06 bits per heavy atom. The summed E-state index contributed by atoms with van der Waals surface area (Å²) in [6.07, 6.45) is 10.2. The number of hydrogen-bond acceptors (Lipinski definition) is 6. The molecule has 0 unspecified atom stereocenters. The van der Waals surface area contributed by atoms with Crippen molar-refractivity contribution in [2.24, 2.45) is 0 Å². The van der Waals surface area contributed by atoms with Gasteiger partial charge in [-0.25, -0.2) is 0 Å². The van der Waals surface area contributed by atoms with Crippen LogP contribution in [0.4, 0.5) is 5.69 Å². The van der Waals surface area contributed by atoms with Gasteiger partial charge < -0.3 is 9.64 Å². The van der Waals surface area contributed by atoms with Gasteiger partial charge in [-0.15, -0.1) is 10.2 Å². The maximum atomic E-state index is 5.75. The average molecular weight is 466 g/mol. The van der Waals surface area contributed by atoms with Crippen molar-refractivity contribution in [3.05, 3.63) is 46.0 Å². The van der Waals surface area contributed by atoms with Gasteiger partial charge in [-0.1, -0.05) is 58.7 Å². The molecule has 7 heteroatoms. The lowest BCUT2D eigenvalue weighted by atomic mass is 10.1. The van der Waals surface area contributed by atoms with E-state index in [1.54, 1.807) is 0 Å². The molecule has 0 bridgehead atoms. The highest BCUT2D eigenvalue weighted by molar-refractivity contribution is 8.03. The van der Waals surface area contributed by atoms with Gasteiger partial charge in [-0.2, -0.15) is 9.61 Å². The molecule has 176 valence electrons. The summed E-state index contributed by atoms with van der Waals surface area (Å²) in [6.45, 7) is 12.4. The third-order valence-electron chi connectivity index (χ3n) is 5.93. The molecule has 3 aromatic rings. The highest BCUT2D eigenvalue weighted by atomic mass is 32.2. The lowest BCUT2D eigenvalue weighted by Gasteiger charge is -2.20. The van der Waals surface area contributed by atoms with Crippen molar-refractivity contribution in [3.63, 3.8) is 0 Å². The highest BCUT2D eigenvalue weighted by Gasteiger charge is 2.25. The Labute approximate surface area is 201 Å². The van der Waals surface area contributed by atoms with E-state index in [4.69, 9.17) is 9.84 Å². The fraction of sp³-hybridized carbons (Fsp3) is 0.500. The molecule has 1 aliphatic heterocycles. The summed E-state index contributed by atoms with van der Waals surface area (Å²) in [5, 5.41) is 15.9. The first kappa shape index (κ1) is 23.6. The second-order valence-corrected chi connectivity index (χ2v) is 9.77. The van der Waals surface area contributed by atoms with Crippen LogP contribution in [0.2, 0.25) is 0 Å². The van der Waals surface area contributed by atoms with Crippen molar-refractivity contribution in [3.8, 4) is 5.75 Å². The lowest BCUT2D eigenvalue weighted by Crippen LogP contribution is -2.19. The second-order valence-electron chi connectivity index (χ2n) is 8.71. The number of ether oxygens (including phenoxy) is 1. The molecule has 3 heterocycles. The molecule has 33 heavy (non-hydrogen) atoms. The van der Waals surface area contributed by atoms with Crippen LogP contribution in [-0.2, 0) is 6.42 Å². The van der Waals surface area contributed by atoms with Crippen LogP contribution in [0, 0.1) is 0 Å². The van der Waals surface area contributed by atoms with E-state index >= 15 is 0 Å². The molecule has 0 fully saturated rings. The third-order valence-corrected chi connectivity index (χ3v) is 7.05. The van der Waals surface area contributed by atoms with Crippen LogP contribution in [-0.4, -0.2) is 33.0 Å². The summed E-state index contributed by atoms with van der Waals surface area (Å²) in [5.41, 5.74) is 3.19. The van der Waals surface area contributed by atoms with Crippen LogP contribution in [0.3, 0.4) is 0 Å². The summed E-state index contributed by atoms with van der Waals surface area (Å²) >= 11 is 1.81. The van der Waals surface area contributed by atoms with Gasteiger partial charge >= 0.3 is 0 Å². The zero-order chi connectivity index (χ0) is 23.4. The summed E-state index contributed by atoms with van der Waals surface area (Å²) in [4.78, 5) is 3.70. The van der Waals surface area contributed by atoms with Crippen LogP contribution < -0.4 is 14.9 Å². The molecule has 4 rings (SSSR count). The predicted octanol–water partition coefficient (Wildman–Crippen LogP) is 5.74. The Bertz CT molecular complexity index is 1180. The van der Waals surface area contributed by atoms with Gasteiger partial charge in [0.15, 0.2) is 11.5 Å². The van der Waals surface area contributed by atoms with E-state index in [0.29, 0.717) is 12.5 Å². The van der Waals surface area contributed by atoms with Gasteiger partial charge in [-0.05, 0) is 49.6 Å². The Balaban J connectivity index is 1.72. The third kappa shape index (κ3) is 4.88. The Morgan fingerprint density at radius 2 is 1.91 bits per heavy atom. The fourth-order valence-electron chi connectivity index (χ4n) is 4.22. The van der Waals surface area contributed by atoms with Gasteiger partial charge in [0.25, 0.3) is 0 Å². The van der Waals surface area contributed by atoms with Gasteiger partial charge in [0.1, 0.15) is 5.75 Å². The fourth-order valence-corrected chi connectivity index (χ4v) is 5.34. The molecule has 0 amide bonds. The zero-order valence-electron chi connectivity index (χ0n) is 20.5. The molecular formula is C26H35N5OS. The van der Waals surface area contributed by atoms with Crippen LogP contribution in [0.15, 0.2) is 34.2 Å². The smallest absolute Gasteiger partial charge is 0.186 e. The Hall–Kier alpha value is -2.54. The van der Waals surface area contributed by atoms with E-state index in [9.17, 15) is 0 Å². The number of fused-ring (bicyclic) bond motifs is 2. The average Bonchev–Trinajstić information content (AvgIpc) is 3.47. The molecule has 0 aliphatic carbocycles. The van der Waals surface area contributed by atoms with Crippen LogP contribution in [0.5, 0.6) is 5.75 Å². The number of aromatic nitrogens is 4. The van der Waals surface area contributed by atoms with Crippen LogP contribution >= 0.6 is 11.8 Å². The van der Waals surface area contributed by atoms with Gasteiger partial charge in [0.2, 0.25) is 0 Å². The van der Waals surface area contributed by atoms with Gasteiger partial charge in [0.05, 0.1) is 23.0 Å². The number of nitrogens with zero attached hydrogens (tertiary/aromatic N) is 5. The summed E-state index contributed by atoms with van der Waals surface area (Å²) in [6, 6.07) is 6.44. The number of thioether (sulfide) groups is 1. The molecule has 0 atom stereocenters. The van der Waals surface area contributed by atoms with Gasteiger partial charge in [-0.3, -0.25) is 0 Å². The van der Waals surface area contributed by atoms with E-state index in [0.717, 1.165) is 41.1 Å². The molecule has 0 saturated carbocycles. The first-order valence-electron chi connectivity index (χ1n) is 12.2. The summed E-state index contributed by atoms with van der Waals surface area (Å²) in [5.74, 6) is 2.15. The number of hydrogen-bond donors (Lipinski definition) is 0. The SMILES string of the molecule is CCCCCCN1/C(=C\C=c2/c(C(C)C)nn3c(CC)nnc23)Sc2cc(OCC)ccc21. The predicted molar refractivity (Wildman–Crippen MR) is 137 cm³/mol. The number of unbranched alkanes of at least 4 members (excludes halogenated alkanes) is 3. The Morgan fingerprint density at radius 3 is 2.64 bits per heavy atom. The number of allylic oxidation sites excluding steroid dienone is 1. The van der Waals surface area contributed by atoms with E-state index in [-0.39, 0.29) is 0 Å². The zero-order valence-corrected chi connectivity index (χ0v) is 21.3. The van der Waals surface area contributed by atoms with Crippen molar-refractivity contribution in [2.45, 2.75) is 77.5 Å². The quantitative estimate of drug-likeness (QED) is 0.356. The van der Waals surface area contributed by atoms with E-state index in [2.05, 4.69) is 73.1 Å². The van der Waals surface area contributed by atoms with E-state index < -0.39 is 0 Å². The summed E-state index contributed by atoms with van der Waals surface area (Å²) in [7, 11) is 0. The van der Waals surface area contributed by atoms with Crippen molar-refractivity contribution in [2.75, 3.05) is 18.1 Å². The molecule has 1 aromatic carbocycles. The molecule has 0 saturated heterocycles. The summed E-state index contributed by atoms with van der Waals surface area (Å²) < 4.78 is 7.66. The first-order valence-corrected chi connectivity index (χ1v) is 13.1. The largest absolute Gasteiger partial charge is 0.494 e. The lowest BCUT2D eigenvalue weighted by molar-refractivity contribution is 0.339. The number of benzene rings is 1. The topological polar surface area (TPSA) is 55.6 Å². The molecule has 1 aliphatic rings. The van der Waals surface area contributed by atoms with Gasteiger partial charge in [0, 0.05) is 23.1 Å². The first-order chi connectivity index (χ1) is 16.1. The van der Waals surface area contributed by atoms with Crippen molar-refractivity contribution in [1.82, 2.24) is 19.8 Å². The molecule has 6 nitrogen and oxygen atoms in total. The maximum absolute atomic E-state index is 5.75. The minimum atomic E-state index is 0.313. The van der Waals surface area contributed by atoms with Crippen molar-refractivity contribution in [1.29, 1.82) is 0 Å². The number of aryl methyl sites for hydroxylation is 1. The number of rotatable bonds is 10. The molecule has 0 radical (unpaired) electrons. The molecule has 2 aromatic heterocycles. The number of anilines is 1. The van der Waals surface area contributed by atoms with Crippen LogP contribution in [0.25, 0.3) is 11.7 Å². The normalized spacial score (nSPS) is 15.4. The van der Waals surface area contributed by atoms with Crippen molar-refractivity contribution >= 4 is 29.2 Å². The minimum Gasteiger partial charge on any atom is -0.494 e. The molecular weight excluding hydrogens is 430 g/mol. The molecule has 0 spiro atoms. The van der Waals surface area contributed by atoms with Crippen molar-refractivity contribution < 1.29 is 4.74 Å². The van der Waals surface area contributed by atoms with Crippen LogP contribution in [0.1, 0.15) is 77.7 Å². The maximum Gasteiger partial charge on any atom is 0.186 e. The monoisotopic (exact) mass is 465 g/mol. The van der Waals surface area contributed by atoms with E-state index in [1.807, 2.05) is 23.2 Å². The second kappa shape index (κ2) is 10.6. The molecule has 0 N–H and O–H groups in total.